The summed E-state index contributed by atoms with van der Waals surface area (Å²) in [7, 11) is 0. The molecule has 0 saturated carbocycles. The van der Waals surface area contributed by atoms with Crippen molar-refractivity contribution in [3.63, 3.8) is 0 Å². The Hall–Kier alpha value is -2.36. The van der Waals surface area contributed by atoms with E-state index >= 15 is 0 Å². The molecule has 0 saturated heterocycles. The van der Waals surface area contributed by atoms with Crippen LogP contribution in [0.25, 0.3) is 0 Å². The highest BCUT2D eigenvalue weighted by Gasteiger charge is 2.12. The van der Waals surface area contributed by atoms with E-state index in [0.717, 1.165) is 5.56 Å². The van der Waals surface area contributed by atoms with E-state index < -0.39 is 11.7 Å². The second-order valence-electron chi connectivity index (χ2n) is 4.44. The van der Waals surface area contributed by atoms with Gasteiger partial charge in [-0.2, -0.15) is 0 Å². The van der Waals surface area contributed by atoms with E-state index in [9.17, 15) is 14.3 Å². The minimum Gasteiger partial charge on any atom is -0.508 e. The molecule has 0 bridgehead atoms. The number of halogens is 1. The van der Waals surface area contributed by atoms with Crippen molar-refractivity contribution in [1.82, 2.24) is 0 Å². The van der Waals surface area contributed by atoms with Gasteiger partial charge in [-0.05, 0) is 55.3 Å². The molecule has 1 amide bonds. The molecule has 0 aromatic heterocycles. The molecule has 0 aliphatic carbocycles. The zero-order chi connectivity index (χ0) is 14.0. The summed E-state index contributed by atoms with van der Waals surface area (Å²) < 4.78 is 13.6. The summed E-state index contributed by atoms with van der Waals surface area (Å²) in [6.07, 6.45) is 0. The quantitative estimate of drug-likeness (QED) is 0.812. The summed E-state index contributed by atoms with van der Waals surface area (Å²) in [5.41, 5.74) is 1.91. The molecule has 3 nitrogen and oxygen atoms in total. The van der Waals surface area contributed by atoms with Crippen LogP contribution in [0.3, 0.4) is 0 Å². The zero-order valence-corrected chi connectivity index (χ0v) is 10.7. The maximum atomic E-state index is 13.6. The van der Waals surface area contributed by atoms with Crippen LogP contribution < -0.4 is 5.32 Å². The molecular formula is C15H14FNO2. The predicted octanol–water partition coefficient (Wildman–Crippen LogP) is 3.40. The van der Waals surface area contributed by atoms with Crippen LogP contribution in [0.2, 0.25) is 0 Å². The van der Waals surface area contributed by atoms with E-state index in [-0.39, 0.29) is 11.3 Å². The SMILES string of the molecule is Cc1ccc(C(=O)Nc2ccc(O)c(C)c2)c(F)c1. The fraction of sp³-hybridized carbons (Fsp3) is 0.133. The third-order valence-corrected chi connectivity index (χ3v) is 2.82. The van der Waals surface area contributed by atoms with Crippen molar-refractivity contribution in [3.8, 4) is 5.75 Å². The molecule has 0 heterocycles. The van der Waals surface area contributed by atoms with E-state index in [1.807, 2.05) is 0 Å². The Bertz CT molecular complexity index is 638. The molecule has 2 rings (SSSR count). The number of anilines is 1. The number of hydrogen-bond donors (Lipinski definition) is 2. The largest absolute Gasteiger partial charge is 0.508 e. The summed E-state index contributed by atoms with van der Waals surface area (Å²) >= 11 is 0. The van der Waals surface area contributed by atoms with E-state index in [2.05, 4.69) is 5.32 Å². The van der Waals surface area contributed by atoms with Crippen LogP contribution in [0.5, 0.6) is 5.75 Å². The molecule has 0 unspecified atom stereocenters. The maximum absolute atomic E-state index is 13.6. The molecule has 2 aromatic carbocycles. The predicted molar refractivity (Wildman–Crippen MR) is 71.9 cm³/mol. The van der Waals surface area contributed by atoms with Crippen LogP contribution in [0.1, 0.15) is 21.5 Å². The second-order valence-corrected chi connectivity index (χ2v) is 4.44. The van der Waals surface area contributed by atoms with Gasteiger partial charge < -0.3 is 10.4 Å². The number of aromatic hydroxyl groups is 1. The monoisotopic (exact) mass is 259 g/mol. The Morgan fingerprint density at radius 1 is 1.16 bits per heavy atom. The van der Waals surface area contributed by atoms with Gasteiger partial charge in [0.25, 0.3) is 5.91 Å². The molecule has 19 heavy (non-hydrogen) atoms. The normalized spacial score (nSPS) is 10.3. The number of amides is 1. The number of carbonyl (C=O) groups is 1. The fourth-order valence-electron chi connectivity index (χ4n) is 1.74. The van der Waals surface area contributed by atoms with Gasteiger partial charge in [-0.25, -0.2) is 4.39 Å². The lowest BCUT2D eigenvalue weighted by atomic mass is 10.1. The number of hydrogen-bond acceptors (Lipinski definition) is 2. The standard InChI is InChI=1S/C15H14FNO2/c1-9-3-5-12(13(16)7-9)15(19)17-11-4-6-14(18)10(2)8-11/h3-8,18H,1-2H3,(H,17,19). The van der Waals surface area contributed by atoms with Gasteiger partial charge in [0.05, 0.1) is 5.56 Å². The Morgan fingerprint density at radius 3 is 2.53 bits per heavy atom. The summed E-state index contributed by atoms with van der Waals surface area (Å²) in [5.74, 6) is -0.907. The van der Waals surface area contributed by atoms with Gasteiger partial charge in [-0.15, -0.1) is 0 Å². The molecule has 0 spiro atoms. The Kier molecular flexibility index (Phi) is 3.51. The fourth-order valence-corrected chi connectivity index (χ4v) is 1.74. The molecule has 0 fully saturated rings. The number of rotatable bonds is 2. The molecule has 0 atom stereocenters. The smallest absolute Gasteiger partial charge is 0.258 e. The average Bonchev–Trinajstić information content (AvgIpc) is 2.33. The lowest BCUT2D eigenvalue weighted by Crippen LogP contribution is -2.13. The first-order valence-electron chi connectivity index (χ1n) is 5.84. The van der Waals surface area contributed by atoms with Gasteiger partial charge in [0.1, 0.15) is 11.6 Å². The van der Waals surface area contributed by atoms with Crippen molar-refractivity contribution in [2.45, 2.75) is 13.8 Å². The molecule has 0 aliphatic heterocycles. The zero-order valence-electron chi connectivity index (χ0n) is 10.7. The number of phenolic OH excluding ortho intramolecular Hbond substituents is 1. The van der Waals surface area contributed by atoms with E-state index in [0.29, 0.717) is 11.3 Å². The third-order valence-electron chi connectivity index (χ3n) is 2.82. The van der Waals surface area contributed by atoms with Crippen LogP contribution in [0.15, 0.2) is 36.4 Å². The minimum absolute atomic E-state index is 0.00340. The van der Waals surface area contributed by atoms with Gasteiger partial charge in [-0.3, -0.25) is 4.79 Å². The van der Waals surface area contributed by atoms with E-state index in [4.69, 9.17) is 0 Å². The van der Waals surface area contributed by atoms with E-state index in [1.54, 1.807) is 32.0 Å². The van der Waals surface area contributed by atoms with Crippen LogP contribution in [-0.4, -0.2) is 11.0 Å². The molecule has 2 aromatic rings. The summed E-state index contributed by atoms with van der Waals surface area (Å²) in [4.78, 5) is 11.9. The van der Waals surface area contributed by atoms with Gasteiger partial charge in [0.15, 0.2) is 0 Å². The van der Waals surface area contributed by atoms with Crippen LogP contribution in [0.4, 0.5) is 10.1 Å². The number of benzene rings is 2. The Balaban J connectivity index is 2.23. The van der Waals surface area contributed by atoms with Crippen molar-refractivity contribution < 1.29 is 14.3 Å². The average molecular weight is 259 g/mol. The molecule has 2 N–H and O–H groups in total. The van der Waals surface area contributed by atoms with Crippen molar-refractivity contribution in [2.75, 3.05) is 5.32 Å². The van der Waals surface area contributed by atoms with Crippen molar-refractivity contribution in [1.29, 1.82) is 0 Å². The summed E-state index contributed by atoms with van der Waals surface area (Å²) in [6.45, 7) is 3.48. The van der Waals surface area contributed by atoms with Gasteiger partial charge in [-0.1, -0.05) is 6.07 Å². The first kappa shape index (κ1) is 13.1. The number of nitrogens with one attached hydrogen (secondary N) is 1. The van der Waals surface area contributed by atoms with Gasteiger partial charge in [0, 0.05) is 5.69 Å². The second kappa shape index (κ2) is 5.10. The molecular weight excluding hydrogens is 245 g/mol. The first-order chi connectivity index (χ1) is 8.97. The van der Waals surface area contributed by atoms with Gasteiger partial charge in [0.2, 0.25) is 0 Å². The Morgan fingerprint density at radius 2 is 1.89 bits per heavy atom. The first-order valence-corrected chi connectivity index (χ1v) is 5.84. The third kappa shape index (κ3) is 2.91. The maximum Gasteiger partial charge on any atom is 0.258 e. The molecule has 4 heteroatoms. The van der Waals surface area contributed by atoms with Crippen molar-refractivity contribution in [2.24, 2.45) is 0 Å². The highest BCUT2D eigenvalue weighted by atomic mass is 19.1. The van der Waals surface area contributed by atoms with Crippen molar-refractivity contribution in [3.05, 3.63) is 58.9 Å². The Labute approximate surface area is 110 Å². The number of aryl methyl sites for hydroxylation is 2. The lowest BCUT2D eigenvalue weighted by Gasteiger charge is -2.08. The van der Waals surface area contributed by atoms with E-state index in [1.165, 1.54) is 18.2 Å². The number of phenols is 1. The summed E-state index contributed by atoms with van der Waals surface area (Å²) in [6, 6.07) is 9.12. The van der Waals surface area contributed by atoms with Crippen LogP contribution >= 0.6 is 0 Å². The highest BCUT2D eigenvalue weighted by molar-refractivity contribution is 6.04. The summed E-state index contributed by atoms with van der Waals surface area (Å²) in [5, 5.41) is 12.0. The molecule has 0 aliphatic rings. The van der Waals surface area contributed by atoms with Crippen LogP contribution in [0, 0.1) is 19.7 Å². The van der Waals surface area contributed by atoms with Gasteiger partial charge >= 0.3 is 0 Å². The van der Waals surface area contributed by atoms with Crippen LogP contribution in [-0.2, 0) is 0 Å². The van der Waals surface area contributed by atoms with Crippen molar-refractivity contribution >= 4 is 11.6 Å². The topological polar surface area (TPSA) is 49.3 Å². The molecule has 0 radical (unpaired) electrons. The highest BCUT2D eigenvalue weighted by Crippen LogP contribution is 2.21. The molecule has 98 valence electrons. The minimum atomic E-state index is -0.548. The lowest BCUT2D eigenvalue weighted by molar-refractivity contribution is 0.102. The number of carbonyl (C=O) groups excluding carboxylic acids is 1.